The molecule has 1 heterocycles. The molecule has 0 radical (unpaired) electrons. The number of ether oxygens (including phenoxy) is 1. The van der Waals surface area contributed by atoms with E-state index in [4.69, 9.17) is 4.74 Å². The Labute approximate surface area is 164 Å². The highest BCUT2D eigenvalue weighted by Gasteiger charge is 2.18. The molecule has 28 heavy (non-hydrogen) atoms. The Morgan fingerprint density at radius 2 is 1.89 bits per heavy atom. The molecule has 1 fully saturated rings. The SMILES string of the molecule is CNC(=O)c1cccc(CNC(=O)NCc2cccnc2OC2CCCC2)c1. The molecule has 1 saturated carbocycles. The van der Waals surface area contributed by atoms with E-state index in [0.29, 0.717) is 24.5 Å². The lowest BCUT2D eigenvalue weighted by atomic mass is 10.1. The van der Waals surface area contributed by atoms with Crippen LogP contribution in [0.15, 0.2) is 42.6 Å². The molecule has 0 spiro atoms. The van der Waals surface area contributed by atoms with Crippen molar-refractivity contribution < 1.29 is 14.3 Å². The Morgan fingerprint density at radius 3 is 2.68 bits per heavy atom. The van der Waals surface area contributed by atoms with Crippen LogP contribution in [0.1, 0.15) is 47.2 Å². The van der Waals surface area contributed by atoms with Crippen molar-refractivity contribution in [1.82, 2.24) is 20.9 Å². The van der Waals surface area contributed by atoms with Gasteiger partial charge in [0.25, 0.3) is 5.91 Å². The van der Waals surface area contributed by atoms with Gasteiger partial charge in [0.2, 0.25) is 5.88 Å². The number of pyridine rings is 1. The van der Waals surface area contributed by atoms with Crippen LogP contribution in [0.5, 0.6) is 5.88 Å². The summed E-state index contributed by atoms with van der Waals surface area (Å²) in [4.78, 5) is 28.2. The monoisotopic (exact) mass is 382 g/mol. The van der Waals surface area contributed by atoms with E-state index in [1.807, 2.05) is 18.2 Å². The van der Waals surface area contributed by atoms with Crippen molar-refractivity contribution in [2.45, 2.75) is 44.9 Å². The number of hydrogen-bond acceptors (Lipinski definition) is 4. The summed E-state index contributed by atoms with van der Waals surface area (Å²) in [7, 11) is 1.59. The maximum atomic E-state index is 12.2. The van der Waals surface area contributed by atoms with E-state index in [9.17, 15) is 9.59 Å². The van der Waals surface area contributed by atoms with Crippen LogP contribution < -0.4 is 20.7 Å². The molecule has 1 aliphatic rings. The van der Waals surface area contributed by atoms with E-state index >= 15 is 0 Å². The van der Waals surface area contributed by atoms with Gasteiger partial charge in [0.1, 0.15) is 6.10 Å². The Kier molecular flexibility index (Phi) is 6.84. The normalized spacial score (nSPS) is 13.8. The van der Waals surface area contributed by atoms with Crippen LogP contribution in [0.4, 0.5) is 4.79 Å². The minimum atomic E-state index is -0.291. The minimum absolute atomic E-state index is 0.155. The summed E-state index contributed by atoms with van der Waals surface area (Å²) < 4.78 is 5.99. The molecule has 148 valence electrons. The number of nitrogens with zero attached hydrogens (tertiary/aromatic N) is 1. The first-order chi connectivity index (χ1) is 13.7. The Hall–Kier alpha value is -3.09. The van der Waals surface area contributed by atoms with Crippen LogP contribution in [-0.4, -0.2) is 30.1 Å². The van der Waals surface area contributed by atoms with Crippen LogP contribution in [0.2, 0.25) is 0 Å². The lowest BCUT2D eigenvalue weighted by Gasteiger charge is -2.15. The van der Waals surface area contributed by atoms with Crippen molar-refractivity contribution in [2.75, 3.05) is 7.05 Å². The van der Waals surface area contributed by atoms with E-state index in [2.05, 4.69) is 20.9 Å². The van der Waals surface area contributed by atoms with Crippen molar-refractivity contribution in [2.24, 2.45) is 0 Å². The predicted octanol–water partition coefficient (Wildman–Crippen LogP) is 2.76. The first-order valence-corrected chi connectivity index (χ1v) is 9.59. The van der Waals surface area contributed by atoms with Crippen molar-refractivity contribution >= 4 is 11.9 Å². The predicted molar refractivity (Wildman–Crippen MR) is 106 cm³/mol. The second-order valence-corrected chi connectivity index (χ2v) is 6.81. The molecule has 1 aliphatic carbocycles. The highest BCUT2D eigenvalue weighted by atomic mass is 16.5. The van der Waals surface area contributed by atoms with Crippen LogP contribution in [-0.2, 0) is 13.1 Å². The maximum Gasteiger partial charge on any atom is 0.315 e. The van der Waals surface area contributed by atoms with Gasteiger partial charge in [0.05, 0.1) is 0 Å². The highest BCUT2D eigenvalue weighted by molar-refractivity contribution is 5.94. The maximum absolute atomic E-state index is 12.2. The van der Waals surface area contributed by atoms with Gasteiger partial charge in [-0.15, -0.1) is 0 Å². The second-order valence-electron chi connectivity index (χ2n) is 6.81. The van der Waals surface area contributed by atoms with Crippen LogP contribution in [0, 0.1) is 0 Å². The van der Waals surface area contributed by atoms with Gasteiger partial charge in [0.15, 0.2) is 0 Å². The van der Waals surface area contributed by atoms with E-state index in [-0.39, 0.29) is 18.0 Å². The van der Waals surface area contributed by atoms with Crippen LogP contribution in [0.3, 0.4) is 0 Å². The molecule has 7 heteroatoms. The fourth-order valence-electron chi connectivity index (χ4n) is 3.22. The number of carbonyl (C=O) groups excluding carboxylic acids is 2. The van der Waals surface area contributed by atoms with Crippen molar-refractivity contribution in [3.8, 4) is 5.88 Å². The fraction of sp³-hybridized carbons (Fsp3) is 0.381. The Morgan fingerprint density at radius 1 is 1.11 bits per heavy atom. The standard InChI is InChI=1S/C21H26N4O3/c1-22-19(26)16-7-4-6-15(12-16)13-24-21(27)25-14-17-8-5-11-23-20(17)28-18-9-2-3-10-18/h4-8,11-12,18H,2-3,9-10,13-14H2,1H3,(H,22,26)(H2,24,25,27). The largest absolute Gasteiger partial charge is 0.474 e. The Bertz CT molecular complexity index is 819. The fourth-order valence-corrected chi connectivity index (χ4v) is 3.22. The number of rotatable bonds is 7. The van der Waals surface area contributed by atoms with Gasteiger partial charge in [-0.3, -0.25) is 4.79 Å². The quantitative estimate of drug-likeness (QED) is 0.687. The first-order valence-electron chi connectivity index (χ1n) is 9.59. The molecule has 3 amide bonds. The average molecular weight is 382 g/mol. The summed E-state index contributed by atoms with van der Waals surface area (Å²) >= 11 is 0. The van der Waals surface area contributed by atoms with E-state index in [1.54, 1.807) is 31.4 Å². The smallest absolute Gasteiger partial charge is 0.315 e. The molecule has 0 atom stereocenters. The van der Waals surface area contributed by atoms with Gasteiger partial charge < -0.3 is 20.7 Å². The first kappa shape index (κ1) is 19.7. The summed E-state index contributed by atoms with van der Waals surface area (Å²) in [5.41, 5.74) is 2.26. The summed E-state index contributed by atoms with van der Waals surface area (Å²) in [5, 5.41) is 8.22. The van der Waals surface area contributed by atoms with Crippen LogP contribution in [0.25, 0.3) is 0 Å². The highest BCUT2D eigenvalue weighted by Crippen LogP contribution is 2.24. The third-order valence-electron chi connectivity index (χ3n) is 4.74. The molecule has 3 rings (SSSR count). The van der Waals surface area contributed by atoms with Gasteiger partial charge in [-0.25, -0.2) is 9.78 Å². The van der Waals surface area contributed by atoms with Crippen molar-refractivity contribution in [1.29, 1.82) is 0 Å². The summed E-state index contributed by atoms with van der Waals surface area (Å²) in [6, 6.07) is 10.6. The van der Waals surface area contributed by atoms with Gasteiger partial charge in [-0.05, 0) is 49.4 Å². The molecule has 3 N–H and O–H groups in total. The molecule has 7 nitrogen and oxygen atoms in total. The lowest BCUT2D eigenvalue weighted by molar-refractivity contribution is 0.0963. The number of urea groups is 1. The molecule has 0 bridgehead atoms. The third-order valence-corrected chi connectivity index (χ3v) is 4.74. The van der Waals surface area contributed by atoms with Gasteiger partial charge >= 0.3 is 6.03 Å². The van der Waals surface area contributed by atoms with Crippen molar-refractivity contribution in [3.05, 3.63) is 59.3 Å². The van der Waals surface area contributed by atoms with Gasteiger partial charge in [-0.2, -0.15) is 0 Å². The zero-order chi connectivity index (χ0) is 19.8. The molecule has 0 saturated heterocycles. The third kappa shape index (κ3) is 5.45. The molecule has 1 aromatic carbocycles. The number of nitrogens with one attached hydrogen (secondary N) is 3. The number of aromatic nitrogens is 1. The Balaban J connectivity index is 1.50. The summed E-state index contributed by atoms with van der Waals surface area (Å²) in [6.45, 7) is 0.662. The minimum Gasteiger partial charge on any atom is -0.474 e. The van der Waals surface area contributed by atoms with E-state index in [0.717, 1.165) is 24.0 Å². The zero-order valence-electron chi connectivity index (χ0n) is 16.0. The van der Waals surface area contributed by atoms with E-state index < -0.39 is 0 Å². The number of amides is 3. The lowest BCUT2D eigenvalue weighted by Crippen LogP contribution is -2.34. The second kappa shape index (κ2) is 9.73. The zero-order valence-corrected chi connectivity index (χ0v) is 16.0. The summed E-state index contributed by atoms with van der Waals surface area (Å²) in [6.07, 6.45) is 6.41. The number of benzene rings is 1. The molecular weight excluding hydrogens is 356 g/mol. The van der Waals surface area contributed by atoms with E-state index in [1.165, 1.54) is 12.8 Å². The average Bonchev–Trinajstić information content (AvgIpc) is 3.24. The molecule has 1 aromatic heterocycles. The van der Waals surface area contributed by atoms with Gasteiger partial charge in [0, 0.05) is 37.5 Å². The number of carbonyl (C=O) groups is 2. The van der Waals surface area contributed by atoms with Crippen molar-refractivity contribution in [3.63, 3.8) is 0 Å². The molecule has 0 aliphatic heterocycles. The summed E-state index contributed by atoms with van der Waals surface area (Å²) in [5.74, 6) is 0.436. The molecule has 2 aromatic rings. The molecule has 0 unspecified atom stereocenters. The van der Waals surface area contributed by atoms with Gasteiger partial charge in [-0.1, -0.05) is 18.2 Å². The topological polar surface area (TPSA) is 92.4 Å². The van der Waals surface area contributed by atoms with Crippen LogP contribution >= 0.6 is 0 Å². The number of hydrogen-bond donors (Lipinski definition) is 3. The molecular formula is C21H26N4O3.